The van der Waals surface area contributed by atoms with Gasteiger partial charge in [-0.25, -0.2) is 0 Å². The van der Waals surface area contributed by atoms with Gasteiger partial charge in [0.25, 0.3) is 0 Å². The third-order valence-electron chi connectivity index (χ3n) is 2.50. The highest BCUT2D eigenvalue weighted by molar-refractivity contribution is 5.79. The molecule has 1 atom stereocenters. The zero-order valence-corrected chi connectivity index (χ0v) is 8.43. The van der Waals surface area contributed by atoms with Crippen molar-refractivity contribution in [1.29, 1.82) is 0 Å². The van der Waals surface area contributed by atoms with Crippen molar-refractivity contribution in [2.75, 3.05) is 6.54 Å². The van der Waals surface area contributed by atoms with E-state index >= 15 is 0 Å². The second-order valence-electron chi connectivity index (χ2n) is 3.61. The summed E-state index contributed by atoms with van der Waals surface area (Å²) in [7, 11) is 0. The molecule has 0 saturated carbocycles. The second kappa shape index (κ2) is 4.31. The van der Waals surface area contributed by atoms with Crippen LogP contribution in [0.5, 0.6) is 5.75 Å². The van der Waals surface area contributed by atoms with E-state index in [1.165, 1.54) is 0 Å². The van der Waals surface area contributed by atoms with E-state index in [9.17, 15) is 4.79 Å². The van der Waals surface area contributed by atoms with Crippen molar-refractivity contribution < 1.29 is 9.63 Å². The number of nitrogens with zero attached hydrogens (tertiary/aromatic N) is 1. The van der Waals surface area contributed by atoms with Crippen molar-refractivity contribution >= 4 is 5.91 Å². The molecule has 2 rings (SSSR count). The zero-order valence-electron chi connectivity index (χ0n) is 8.43. The Morgan fingerprint density at radius 2 is 2.13 bits per heavy atom. The molecule has 0 radical (unpaired) electrons. The average Bonchev–Trinajstić information content (AvgIpc) is 2.67. The van der Waals surface area contributed by atoms with Gasteiger partial charge in [0.1, 0.15) is 11.8 Å². The monoisotopic (exact) mass is 206 g/mol. The van der Waals surface area contributed by atoms with Crippen LogP contribution < -0.4 is 10.6 Å². The van der Waals surface area contributed by atoms with Crippen LogP contribution in [0.1, 0.15) is 12.8 Å². The van der Waals surface area contributed by atoms with Gasteiger partial charge < -0.3 is 10.6 Å². The van der Waals surface area contributed by atoms with Crippen LogP contribution in [0.2, 0.25) is 0 Å². The molecule has 1 aromatic rings. The van der Waals surface area contributed by atoms with Gasteiger partial charge >= 0.3 is 0 Å². The highest BCUT2D eigenvalue weighted by atomic mass is 16.7. The van der Waals surface area contributed by atoms with E-state index in [-0.39, 0.29) is 11.9 Å². The molecule has 1 aliphatic heterocycles. The number of nitrogens with two attached hydrogens (primary N) is 1. The summed E-state index contributed by atoms with van der Waals surface area (Å²) in [4.78, 5) is 16.7. The predicted octanol–water partition coefficient (Wildman–Crippen LogP) is 0.930. The minimum absolute atomic E-state index is 0.287. The van der Waals surface area contributed by atoms with Crippen molar-refractivity contribution in [3.05, 3.63) is 30.3 Å². The molecule has 1 aromatic carbocycles. The molecule has 15 heavy (non-hydrogen) atoms. The first kappa shape index (κ1) is 9.98. The number of benzene rings is 1. The van der Waals surface area contributed by atoms with Crippen LogP contribution in [0, 0.1) is 0 Å². The number of primary amides is 1. The van der Waals surface area contributed by atoms with Crippen LogP contribution >= 0.6 is 0 Å². The van der Waals surface area contributed by atoms with Crippen molar-refractivity contribution in [3.63, 3.8) is 0 Å². The summed E-state index contributed by atoms with van der Waals surface area (Å²) >= 11 is 0. The number of rotatable bonds is 3. The third kappa shape index (κ3) is 2.27. The van der Waals surface area contributed by atoms with E-state index in [1.807, 2.05) is 30.3 Å². The number of para-hydroxylation sites is 1. The lowest BCUT2D eigenvalue weighted by Gasteiger charge is -2.21. The third-order valence-corrected chi connectivity index (χ3v) is 2.50. The number of carbonyl (C=O) groups is 1. The molecule has 0 aromatic heterocycles. The highest BCUT2D eigenvalue weighted by Gasteiger charge is 2.30. The van der Waals surface area contributed by atoms with E-state index in [0.29, 0.717) is 0 Å². The minimum Gasteiger partial charge on any atom is -0.405 e. The van der Waals surface area contributed by atoms with E-state index in [0.717, 1.165) is 25.1 Å². The Labute approximate surface area is 88.6 Å². The SMILES string of the molecule is NC(=O)[C@@H]1CCCN1Oc1ccccc1. The lowest BCUT2D eigenvalue weighted by atomic mass is 10.2. The standard InChI is InChI=1S/C11H14N2O2/c12-11(14)10-7-4-8-13(10)15-9-5-2-1-3-6-9/h1-3,5-6,10H,4,7-8H2,(H2,12,14)/t10-/m0/s1. The lowest BCUT2D eigenvalue weighted by Crippen LogP contribution is -2.42. The van der Waals surface area contributed by atoms with Gasteiger partial charge in [0, 0.05) is 6.54 Å². The largest absolute Gasteiger partial charge is 0.405 e. The fourth-order valence-electron chi connectivity index (χ4n) is 1.75. The van der Waals surface area contributed by atoms with Crippen LogP contribution in [0.4, 0.5) is 0 Å². The Morgan fingerprint density at radius 1 is 1.40 bits per heavy atom. The summed E-state index contributed by atoms with van der Waals surface area (Å²) < 4.78 is 0. The van der Waals surface area contributed by atoms with Crippen LogP contribution in [0.3, 0.4) is 0 Å². The Hall–Kier alpha value is -1.55. The van der Waals surface area contributed by atoms with Crippen molar-refractivity contribution in [2.24, 2.45) is 5.73 Å². The normalized spacial score (nSPS) is 21.5. The van der Waals surface area contributed by atoms with Gasteiger partial charge in [-0.05, 0) is 25.0 Å². The molecule has 80 valence electrons. The molecule has 0 bridgehead atoms. The maximum atomic E-state index is 11.1. The highest BCUT2D eigenvalue weighted by Crippen LogP contribution is 2.20. The summed E-state index contributed by atoms with van der Waals surface area (Å²) in [5.74, 6) is 0.425. The Balaban J connectivity index is 2.03. The van der Waals surface area contributed by atoms with Gasteiger partial charge in [-0.15, -0.1) is 5.06 Å². The van der Waals surface area contributed by atoms with E-state index < -0.39 is 0 Å². The van der Waals surface area contributed by atoms with Crippen LogP contribution in [0.25, 0.3) is 0 Å². The van der Waals surface area contributed by atoms with Gasteiger partial charge in [-0.1, -0.05) is 18.2 Å². The van der Waals surface area contributed by atoms with E-state index in [1.54, 1.807) is 5.06 Å². The lowest BCUT2D eigenvalue weighted by molar-refractivity contribution is -0.135. The number of amides is 1. The summed E-state index contributed by atoms with van der Waals surface area (Å²) in [6.45, 7) is 0.752. The molecular weight excluding hydrogens is 192 g/mol. The summed E-state index contributed by atoms with van der Waals surface area (Å²) in [5, 5.41) is 1.66. The first-order chi connectivity index (χ1) is 7.27. The average molecular weight is 206 g/mol. The van der Waals surface area contributed by atoms with Gasteiger partial charge in [0.05, 0.1) is 0 Å². The molecule has 1 saturated heterocycles. The fourth-order valence-corrected chi connectivity index (χ4v) is 1.75. The van der Waals surface area contributed by atoms with E-state index in [2.05, 4.69) is 0 Å². The fraction of sp³-hybridized carbons (Fsp3) is 0.364. The number of carbonyl (C=O) groups excluding carboxylic acids is 1. The molecule has 0 spiro atoms. The molecule has 1 fully saturated rings. The van der Waals surface area contributed by atoms with Gasteiger partial charge in [0.15, 0.2) is 0 Å². The summed E-state index contributed by atoms with van der Waals surface area (Å²) in [6, 6.07) is 9.13. The van der Waals surface area contributed by atoms with Gasteiger partial charge in [0.2, 0.25) is 5.91 Å². The maximum absolute atomic E-state index is 11.1. The topological polar surface area (TPSA) is 55.6 Å². The molecule has 1 heterocycles. The summed E-state index contributed by atoms with van der Waals surface area (Å²) in [6.07, 6.45) is 1.72. The molecule has 4 heteroatoms. The number of hydrogen-bond acceptors (Lipinski definition) is 3. The van der Waals surface area contributed by atoms with Crippen molar-refractivity contribution in [2.45, 2.75) is 18.9 Å². The van der Waals surface area contributed by atoms with Gasteiger partial charge in [-0.2, -0.15) is 0 Å². The van der Waals surface area contributed by atoms with Crippen LogP contribution in [0.15, 0.2) is 30.3 Å². The van der Waals surface area contributed by atoms with Crippen LogP contribution in [-0.4, -0.2) is 23.6 Å². The minimum atomic E-state index is -0.316. The van der Waals surface area contributed by atoms with Crippen molar-refractivity contribution in [1.82, 2.24) is 5.06 Å². The Bertz CT molecular complexity index is 340. The van der Waals surface area contributed by atoms with Crippen molar-refractivity contribution in [3.8, 4) is 5.75 Å². The molecule has 0 unspecified atom stereocenters. The zero-order chi connectivity index (χ0) is 10.7. The molecule has 4 nitrogen and oxygen atoms in total. The smallest absolute Gasteiger partial charge is 0.238 e. The molecule has 0 aliphatic carbocycles. The molecular formula is C11H14N2O2. The quantitative estimate of drug-likeness (QED) is 0.800. The van der Waals surface area contributed by atoms with E-state index in [4.69, 9.17) is 10.6 Å². The predicted molar refractivity (Wildman–Crippen MR) is 56.0 cm³/mol. The first-order valence-electron chi connectivity index (χ1n) is 5.06. The number of hydrogen-bond donors (Lipinski definition) is 1. The Morgan fingerprint density at radius 3 is 2.80 bits per heavy atom. The van der Waals surface area contributed by atoms with Gasteiger partial charge in [-0.3, -0.25) is 4.79 Å². The number of hydroxylamine groups is 2. The molecule has 2 N–H and O–H groups in total. The molecule has 1 aliphatic rings. The molecule has 1 amide bonds. The first-order valence-corrected chi connectivity index (χ1v) is 5.06. The van der Waals surface area contributed by atoms with Crippen LogP contribution in [-0.2, 0) is 4.79 Å². The maximum Gasteiger partial charge on any atom is 0.238 e. The summed E-state index contributed by atoms with van der Waals surface area (Å²) in [5.41, 5.74) is 5.28. The Kier molecular flexibility index (Phi) is 2.87. The second-order valence-corrected chi connectivity index (χ2v) is 3.61.